The van der Waals surface area contributed by atoms with Gasteiger partial charge >= 0.3 is 21.9 Å². The van der Waals surface area contributed by atoms with Crippen molar-refractivity contribution in [3.63, 3.8) is 0 Å². The summed E-state index contributed by atoms with van der Waals surface area (Å²) < 4.78 is 5.09. The molecule has 0 spiro atoms. The van der Waals surface area contributed by atoms with Crippen LogP contribution in [0.2, 0.25) is 0 Å². The largest absolute Gasteiger partial charge is 0.569 e. The van der Waals surface area contributed by atoms with Gasteiger partial charge < -0.3 is 35.5 Å². The van der Waals surface area contributed by atoms with Gasteiger partial charge in [-0.1, -0.05) is 72.8 Å². The minimum absolute atomic E-state index is 0.348. The molecule has 0 amide bonds. The summed E-state index contributed by atoms with van der Waals surface area (Å²) in [4.78, 5) is 0. The standard InChI is InChI=1S/C25H23B3NO6/c29-23-13-5-19(6-14-23)25(17-1-9-21(10-2-17)27(31)32,18-3-11-22(12-4-18)28(33)34)20-7-15-24(16-8-20)35-26-30/h1-16,30-34H,29H2. The van der Waals surface area contributed by atoms with Crippen LogP contribution in [-0.4, -0.2) is 47.0 Å². The van der Waals surface area contributed by atoms with Crippen molar-refractivity contribution in [3.8, 4) is 5.75 Å². The van der Waals surface area contributed by atoms with E-state index in [-0.39, 0.29) is 0 Å². The normalized spacial score (nSPS) is 11.1. The predicted molar refractivity (Wildman–Crippen MR) is 137 cm³/mol. The van der Waals surface area contributed by atoms with E-state index in [1.807, 2.05) is 48.5 Å². The Kier molecular flexibility index (Phi) is 7.30. The molecule has 0 fully saturated rings. The third kappa shape index (κ3) is 4.84. The average molecular weight is 466 g/mol. The SMILES string of the molecule is Nc1ccc(C(c2ccc(O[B]O)cc2)(c2ccc(B(O)O)cc2)c2ccc(B(O)O)cc2)cc1. The second-order valence-electron chi connectivity index (χ2n) is 8.11. The molecule has 0 unspecified atom stereocenters. The molecule has 0 aliphatic heterocycles. The third-order valence-corrected chi connectivity index (χ3v) is 6.10. The van der Waals surface area contributed by atoms with E-state index in [0.29, 0.717) is 30.0 Å². The highest BCUT2D eigenvalue weighted by Crippen LogP contribution is 2.45. The summed E-state index contributed by atoms with van der Waals surface area (Å²) in [5.74, 6) is 0.444. The molecule has 0 aliphatic carbocycles. The summed E-state index contributed by atoms with van der Waals surface area (Å²) >= 11 is 0. The fourth-order valence-electron chi connectivity index (χ4n) is 4.39. The van der Waals surface area contributed by atoms with Gasteiger partial charge in [0.2, 0.25) is 0 Å². The summed E-state index contributed by atoms with van der Waals surface area (Å²) in [7, 11) is -2.60. The van der Waals surface area contributed by atoms with Crippen LogP contribution in [0.25, 0.3) is 0 Å². The van der Waals surface area contributed by atoms with Crippen molar-refractivity contribution in [3.05, 3.63) is 119 Å². The van der Waals surface area contributed by atoms with Gasteiger partial charge in [-0.3, -0.25) is 0 Å². The average Bonchev–Trinajstić information content (AvgIpc) is 2.87. The Bertz CT molecular complexity index is 1200. The lowest BCUT2D eigenvalue weighted by Gasteiger charge is -2.37. The van der Waals surface area contributed by atoms with Crippen LogP contribution in [-0.2, 0) is 5.41 Å². The van der Waals surface area contributed by atoms with Gasteiger partial charge in [0.05, 0.1) is 11.2 Å². The number of hydrogen-bond donors (Lipinski definition) is 6. The Hall–Kier alpha value is -3.53. The van der Waals surface area contributed by atoms with Crippen LogP contribution in [0, 0.1) is 0 Å². The second-order valence-corrected chi connectivity index (χ2v) is 8.11. The van der Waals surface area contributed by atoms with Crippen LogP contribution >= 0.6 is 0 Å². The molecule has 1 radical (unpaired) electrons. The molecule has 0 aliphatic rings. The van der Waals surface area contributed by atoms with E-state index in [4.69, 9.17) is 15.4 Å². The van der Waals surface area contributed by atoms with Gasteiger partial charge in [0.25, 0.3) is 0 Å². The first-order chi connectivity index (χ1) is 16.9. The third-order valence-electron chi connectivity index (χ3n) is 6.10. The van der Waals surface area contributed by atoms with Gasteiger partial charge in [0.15, 0.2) is 0 Å². The Morgan fingerprint density at radius 1 is 0.571 bits per heavy atom. The zero-order valence-corrected chi connectivity index (χ0v) is 18.7. The Balaban J connectivity index is 2.03. The maximum atomic E-state index is 9.62. The molecule has 0 saturated heterocycles. The number of anilines is 1. The minimum atomic E-state index is -1.61. The highest BCUT2D eigenvalue weighted by Gasteiger charge is 2.38. The van der Waals surface area contributed by atoms with Crippen LogP contribution in [0.5, 0.6) is 5.75 Å². The molecule has 35 heavy (non-hydrogen) atoms. The van der Waals surface area contributed by atoms with Gasteiger partial charge in [-0.15, -0.1) is 0 Å². The van der Waals surface area contributed by atoms with Gasteiger partial charge in [-0.05, 0) is 57.4 Å². The van der Waals surface area contributed by atoms with Crippen molar-refractivity contribution in [2.45, 2.75) is 5.41 Å². The van der Waals surface area contributed by atoms with Gasteiger partial charge in [0.1, 0.15) is 0 Å². The lowest BCUT2D eigenvalue weighted by Crippen LogP contribution is -2.35. The van der Waals surface area contributed by atoms with Gasteiger partial charge in [-0.25, -0.2) is 0 Å². The van der Waals surface area contributed by atoms with E-state index in [1.165, 1.54) is 0 Å². The molecule has 0 aromatic heterocycles. The summed E-state index contributed by atoms with van der Waals surface area (Å²) in [6.45, 7) is 0. The zero-order valence-electron chi connectivity index (χ0n) is 18.7. The van der Waals surface area contributed by atoms with E-state index >= 15 is 0 Å². The molecule has 4 aromatic rings. The van der Waals surface area contributed by atoms with Crippen molar-refractivity contribution in [1.82, 2.24) is 0 Å². The number of nitrogen functional groups attached to an aromatic ring is 1. The second kappa shape index (κ2) is 10.4. The lowest BCUT2D eigenvalue weighted by molar-refractivity contribution is 0.424. The highest BCUT2D eigenvalue weighted by atomic mass is 16.5. The molecule has 173 valence electrons. The Morgan fingerprint density at radius 2 is 0.914 bits per heavy atom. The van der Waals surface area contributed by atoms with E-state index in [1.54, 1.807) is 48.5 Å². The zero-order chi connectivity index (χ0) is 25.0. The van der Waals surface area contributed by atoms with E-state index in [2.05, 4.69) is 0 Å². The summed E-state index contributed by atoms with van der Waals surface area (Å²) in [5, 5.41) is 47.5. The molecule has 7 N–H and O–H groups in total. The van der Waals surface area contributed by atoms with Gasteiger partial charge in [-0.2, -0.15) is 0 Å². The number of hydrogen-bond acceptors (Lipinski definition) is 7. The van der Waals surface area contributed by atoms with E-state index < -0.39 is 19.7 Å². The van der Waals surface area contributed by atoms with Crippen molar-refractivity contribution < 1.29 is 29.8 Å². The monoisotopic (exact) mass is 466 g/mol. The highest BCUT2D eigenvalue weighted by molar-refractivity contribution is 6.58. The predicted octanol–water partition coefficient (Wildman–Crippen LogP) is -0.0836. The molecular formula is C25H23B3NO6. The first-order valence-electron chi connectivity index (χ1n) is 10.9. The van der Waals surface area contributed by atoms with Crippen LogP contribution in [0.3, 0.4) is 0 Å². The number of nitrogens with two attached hydrogens (primary N) is 1. The maximum Gasteiger partial charge on any atom is 0.569 e. The first kappa shape index (κ1) is 24.6. The summed E-state index contributed by atoms with van der Waals surface area (Å²) in [6, 6.07) is 28.6. The molecule has 4 aromatic carbocycles. The molecule has 4 rings (SSSR count). The molecule has 0 atom stereocenters. The van der Waals surface area contributed by atoms with Crippen LogP contribution < -0.4 is 21.3 Å². The summed E-state index contributed by atoms with van der Waals surface area (Å²) in [6.07, 6.45) is 0. The van der Waals surface area contributed by atoms with Crippen molar-refractivity contribution in [2.75, 3.05) is 5.73 Å². The Morgan fingerprint density at radius 3 is 1.26 bits per heavy atom. The minimum Gasteiger partial charge on any atom is -0.537 e. The van der Waals surface area contributed by atoms with E-state index in [9.17, 15) is 20.1 Å². The molecule has 0 heterocycles. The maximum absolute atomic E-state index is 9.62. The lowest BCUT2D eigenvalue weighted by atomic mass is 9.64. The van der Waals surface area contributed by atoms with Crippen molar-refractivity contribution >= 4 is 38.5 Å². The smallest absolute Gasteiger partial charge is 0.537 e. The fraction of sp³-hybridized carbons (Fsp3) is 0.0400. The van der Waals surface area contributed by atoms with Crippen molar-refractivity contribution in [1.29, 1.82) is 0 Å². The van der Waals surface area contributed by atoms with Crippen LogP contribution in [0.4, 0.5) is 5.69 Å². The van der Waals surface area contributed by atoms with Crippen molar-refractivity contribution in [2.24, 2.45) is 0 Å². The summed E-state index contributed by atoms with van der Waals surface area (Å²) in [5.41, 5.74) is 9.77. The quantitative estimate of drug-likeness (QED) is 0.122. The molecular weight excluding hydrogens is 443 g/mol. The first-order valence-corrected chi connectivity index (χ1v) is 10.9. The van der Waals surface area contributed by atoms with Crippen LogP contribution in [0.15, 0.2) is 97.1 Å². The topological polar surface area (TPSA) is 136 Å². The molecule has 0 bridgehead atoms. The van der Waals surface area contributed by atoms with Crippen LogP contribution in [0.1, 0.15) is 22.3 Å². The fourth-order valence-corrected chi connectivity index (χ4v) is 4.39. The molecule has 10 heteroatoms. The Labute approximate surface area is 204 Å². The molecule has 7 nitrogen and oxygen atoms in total. The van der Waals surface area contributed by atoms with E-state index in [0.717, 1.165) is 22.3 Å². The molecule has 0 saturated carbocycles. The number of rotatable bonds is 8. The van der Waals surface area contributed by atoms with Gasteiger partial charge in [0, 0.05) is 5.69 Å². The number of benzene rings is 4.